The molecule has 0 aliphatic heterocycles. The number of hydrogen-bond acceptors (Lipinski definition) is 4. The average molecular weight is 364 g/mol. The Bertz CT molecular complexity index is 1280. The molecule has 1 N–H and O–H groups in total. The fraction of sp³-hybridized carbons (Fsp3) is 0. The average Bonchev–Trinajstić information content (AvgIpc) is 3.19. The van der Waals surface area contributed by atoms with Gasteiger partial charge in [0.15, 0.2) is 5.58 Å². The SMILES string of the molecule is Oc1ccccc1-c1nc2c(-c3cccc(-c4ccccn4)c3)cccc2o1. The molecule has 0 atom stereocenters. The van der Waals surface area contributed by atoms with Crippen molar-refractivity contribution in [1.29, 1.82) is 0 Å². The van der Waals surface area contributed by atoms with Gasteiger partial charge in [-0.25, -0.2) is 4.98 Å². The highest BCUT2D eigenvalue weighted by molar-refractivity contribution is 5.93. The first-order valence-corrected chi connectivity index (χ1v) is 8.99. The van der Waals surface area contributed by atoms with Crippen LogP contribution >= 0.6 is 0 Å². The van der Waals surface area contributed by atoms with Crippen LogP contribution in [0.1, 0.15) is 0 Å². The van der Waals surface area contributed by atoms with E-state index in [2.05, 4.69) is 22.1 Å². The molecule has 134 valence electrons. The fourth-order valence-electron chi connectivity index (χ4n) is 3.33. The number of phenols is 1. The van der Waals surface area contributed by atoms with Crippen molar-refractivity contribution in [2.24, 2.45) is 0 Å². The summed E-state index contributed by atoms with van der Waals surface area (Å²) in [6.45, 7) is 0. The normalized spacial score (nSPS) is 11.0. The summed E-state index contributed by atoms with van der Waals surface area (Å²) in [6.07, 6.45) is 1.79. The Hall–Kier alpha value is -3.92. The molecule has 0 bridgehead atoms. The molecular weight excluding hydrogens is 348 g/mol. The molecule has 4 heteroatoms. The minimum atomic E-state index is 0.146. The third kappa shape index (κ3) is 2.81. The van der Waals surface area contributed by atoms with Gasteiger partial charge in [0.1, 0.15) is 11.3 Å². The predicted molar refractivity (Wildman–Crippen MR) is 110 cm³/mol. The number of pyridine rings is 1. The molecule has 0 saturated carbocycles. The summed E-state index contributed by atoms with van der Waals surface area (Å²) in [5.74, 6) is 0.550. The summed E-state index contributed by atoms with van der Waals surface area (Å²) in [7, 11) is 0. The zero-order chi connectivity index (χ0) is 18.9. The zero-order valence-electron chi connectivity index (χ0n) is 14.9. The molecule has 2 heterocycles. The van der Waals surface area contributed by atoms with E-state index in [-0.39, 0.29) is 5.75 Å². The van der Waals surface area contributed by atoms with Crippen molar-refractivity contribution in [2.75, 3.05) is 0 Å². The summed E-state index contributed by atoms with van der Waals surface area (Å²) in [6, 6.07) is 27.0. The second-order valence-corrected chi connectivity index (χ2v) is 6.48. The molecule has 0 fully saturated rings. The van der Waals surface area contributed by atoms with E-state index in [4.69, 9.17) is 4.42 Å². The highest BCUT2D eigenvalue weighted by Crippen LogP contribution is 2.35. The number of oxazole rings is 1. The predicted octanol–water partition coefficient (Wildman–Crippen LogP) is 5.93. The van der Waals surface area contributed by atoms with Crippen molar-refractivity contribution in [2.45, 2.75) is 0 Å². The van der Waals surface area contributed by atoms with Gasteiger partial charge in [0.05, 0.1) is 11.3 Å². The Kier molecular flexibility index (Phi) is 3.87. The van der Waals surface area contributed by atoms with E-state index in [9.17, 15) is 5.11 Å². The van der Waals surface area contributed by atoms with E-state index in [1.807, 2.05) is 54.6 Å². The molecule has 0 radical (unpaired) electrons. The lowest BCUT2D eigenvalue weighted by Crippen LogP contribution is -1.85. The van der Waals surface area contributed by atoms with Gasteiger partial charge in [-0.3, -0.25) is 4.98 Å². The summed E-state index contributed by atoms with van der Waals surface area (Å²) in [4.78, 5) is 9.12. The van der Waals surface area contributed by atoms with Crippen molar-refractivity contribution in [3.05, 3.63) is 91.1 Å². The van der Waals surface area contributed by atoms with Crippen molar-refractivity contribution in [1.82, 2.24) is 9.97 Å². The van der Waals surface area contributed by atoms with Gasteiger partial charge in [0.2, 0.25) is 5.89 Å². The lowest BCUT2D eigenvalue weighted by molar-refractivity contribution is 0.474. The van der Waals surface area contributed by atoms with Gasteiger partial charge in [-0.2, -0.15) is 0 Å². The fourth-order valence-corrected chi connectivity index (χ4v) is 3.33. The first-order valence-electron chi connectivity index (χ1n) is 8.99. The summed E-state index contributed by atoms with van der Waals surface area (Å²) in [5, 5.41) is 10.1. The van der Waals surface area contributed by atoms with E-state index >= 15 is 0 Å². The highest BCUT2D eigenvalue weighted by Gasteiger charge is 2.15. The van der Waals surface area contributed by atoms with E-state index < -0.39 is 0 Å². The Morgan fingerprint density at radius 1 is 0.714 bits per heavy atom. The monoisotopic (exact) mass is 364 g/mol. The molecule has 0 aliphatic carbocycles. The second kappa shape index (κ2) is 6.67. The zero-order valence-corrected chi connectivity index (χ0v) is 14.9. The lowest BCUT2D eigenvalue weighted by Gasteiger charge is -2.05. The maximum absolute atomic E-state index is 10.1. The first-order chi connectivity index (χ1) is 13.8. The minimum absolute atomic E-state index is 0.146. The molecule has 0 aliphatic rings. The molecular formula is C24H16N2O2. The highest BCUT2D eigenvalue weighted by atomic mass is 16.3. The second-order valence-electron chi connectivity index (χ2n) is 6.48. The maximum Gasteiger partial charge on any atom is 0.231 e. The van der Waals surface area contributed by atoms with Gasteiger partial charge in [0, 0.05) is 17.3 Å². The van der Waals surface area contributed by atoms with Crippen LogP contribution in [-0.4, -0.2) is 15.1 Å². The number of fused-ring (bicyclic) bond motifs is 1. The molecule has 2 aromatic heterocycles. The molecule has 0 unspecified atom stereocenters. The Balaban J connectivity index is 1.65. The van der Waals surface area contributed by atoms with Gasteiger partial charge in [0.25, 0.3) is 0 Å². The van der Waals surface area contributed by atoms with Gasteiger partial charge in [-0.1, -0.05) is 48.5 Å². The van der Waals surface area contributed by atoms with Crippen LogP contribution in [0.3, 0.4) is 0 Å². The third-order valence-electron chi connectivity index (χ3n) is 4.69. The van der Waals surface area contributed by atoms with Crippen LogP contribution in [0.25, 0.3) is 44.9 Å². The van der Waals surface area contributed by atoms with Gasteiger partial charge in [-0.05, 0) is 42.0 Å². The third-order valence-corrected chi connectivity index (χ3v) is 4.69. The van der Waals surface area contributed by atoms with Crippen LogP contribution in [0.5, 0.6) is 5.75 Å². The number of aromatic nitrogens is 2. The van der Waals surface area contributed by atoms with Crippen LogP contribution in [0.15, 0.2) is 95.5 Å². The van der Waals surface area contributed by atoms with Crippen LogP contribution in [0, 0.1) is 0 Å². The van der Waals surface area contributed by atoms with Crippen molar-refractivity contribution >= 4 is 11.1 Å². The van der Waals surface area contributed by atoms with E-state index in [0.29, 0.717) is 17.0 Å². The number of para-hydroxylation sites is 2. The van der Waals surface area contributed by atoms with Crippen LogP contribution < -0.4 is 0 Å². The van der Waals surface area contributed by atoms with Crippen molar-refractivity contribution < 1.29 is 9.52 Å². The molecule has 4 nitrogen and oxygen atoms in total. The molecule has 3 aromatic carbocycles. The van der Waals surface area contributed by atoms with Crippen LogP contribution in [0.2, 0.25) is 0 Å². The van der Waals surface area contributed by atoms with Gasteiger partial charge >= 0.3 is 0 Å². The molecule has 0 amide bonds. The molecule has 5 rings (SSSR count). The van der Waals surface area contributed by atoms with Crippen LogP contribution in [-0.2, 0) is 0 Å². The number of aromatic hydroxyl groups is 1. The van der Waals surface area contributed by atoms with Crippen molar-refractivity contribution in [3.63, 3.8) is 0 Å². The lowest BCUT2D eigenvalue weighted by atomic mass is 10.0. The summed E-state index contributed by atoms with van der Waals surface area (Å²) >= 11 is 0. The quantitative estimate of drug-likeness (QED) is 0.431. The number of phenolic OH excluding ortho intramolecular Hbond substituents is 1. The standard InChI is InChI=1S/C24H16N2O2/c27-21-12-2-1-9-19(21)24-26-23-18(10-6-13-22(23)28-24)16-7-5-8-17(15-16)20-11-3-4-14-25-20/h1-15,27H. The summed E-state index contributed by atoms with van der Waals surface area (Å²) in [5.41, 5.74) is 5.99. The molecule has 5 aromatic rings. The number of benzene rings is 3. The Labute approximate surface area is 161 Å². The van der Waals surface area contributed by atoms with Crippen molar-refractivity contribution in [3.8, 4) is 39.6 Å². The molecule has 28 heavy (non-hydrogen) atoms. The van der Waals surface area contributed by atoms with Gasteiger partial charge in [-0.15, -0.1) is 0 Å². The van der Waals surface area contributed by atoms with Crippen LogP contribution in [0.4, 0.5) is 0 Å². The Morgan fingerprint density at radius 3 is 2.36 bits per heavy atom. The maximum atomic E-state index is 10.1. The Morgan fingerprint density at radius 2 is 1.50 bits per heavy atom. The van der Waals surface area contributed by atoms with E-state index in [1.165, 1.54) is 0 Å². The number of nitrogens with zero attached hydrogens (tertiary/aromatic N) is 2. The smallest absolute Gasteiger partial charge is 0.231 e. The first kappa shape index (κ1) is 16.3. The van der Waals surface area contributed by atoms with E-state index in [1.54, 1.807) is 24.4 Å². The topological polar surface area (TPSA) is 59.2 Å². The number of rotatable bonds is 3. The molecule has 0 saturated heterocycles. The summed E-state index contributed by atoms with van der Waals surface area (Å²) < 4.78 is 5.93. The minimum Gasteiger partial charge on any atom is -0.507 e. The van der Waals surface area contributed by atoms with E-state index in [0.717, 1.165) is 27.9 Å². The largest absolute Gasteiger partial charge is 0.507 e. The van der Waals surface area contributed by atoms with Gasteiger partial charge < -0.3 is 9.52 Å². The molecule has 0 spiro atoms. The number of hydrogen-bond donors (Lipinski definition) is 1.